The van der Waals surface area contributed by atoms with Gasteiger partial charge in [-0.1, -0.05) is 10.8 Å². The highest BCUT2D eigenvalue weighted by Gasteiger charge is 2.03. The zero-order chi connectivity index (χ0) is 7.28. The monoisotopic (exact) mass is 166 g/mol. The first kappa shape index (κ1) is 9.17. The van der Waals surface area contributed by atoms with Crippen LogP contribution in [0.5, 0.6) is 0 Å². The van der Waals surface area contributed by atoms with Gasteiger partial charge in [-0.05, 0) is 20.1 Å². The highest BCUT2D eigenvalue weighted by atomic mass is 33.1. The summed E-state index contributed by atoms with van der Waals surface area (Å²) in [4.78, 5) is 10.6. The van der Waals surface area contributed by atoms with Crippen LogP contribution in [-0.4, -0.2) is 17.7 Å². The van der Waals surface area contributed by atoms with Crippen molar-refractivity contribution in [3.8, 4) is 0 Å². The van der Waals surface area contributed by atoms with Crippen molar-refractivity contribution in [2.45, 2.75) is 20.0 Å². The van der Waals surface area contributed by atoms with Crippen LogP contribution in [0.3, 0.4) is 0 Å². The minimum Gasteiger partial charge on any atom is -0.454 e. The van der Waals surface area contributed by atoms with E-state index in [0.717, 1.165) is 10.8 Å². The van der Waals surface area contributed by atoms with E-state index in [0.29, 0.717) is 0 Å². The second-order valence-corrected chi connectivity index (χ2v) is 4.00. The van der Waals surface area contributed by atoms with Crippen molar-refractivity contribution in [1.29, 1.82) is 0 Å². The van der Waals surface area contributed by atoms with E-state index in [2.05, 4.69) is 0 Å². The smallest absolute Gasteiger partial charge is 0.378 e. The largest absolute Gasteiger partial charge is 0.454 e. The molecule has 0 heterocycles. The Morgan fingerprint density at radius 2 is 2.11 bits per heavy atom. The maximum atomic E-state index is 10.6. The lowest BCUT2D eigenvalue weighted by Gasteiger charge is -2.04. The van der Waals surface area contributed by atoms with E-state index in [-0.39, 0.29) is 11.4 Å². The lowest BCUT2D eigenvalue weighted by Crippen LogP contribution is -2.04. The van der Waals surface area contributed by atoms with E-state index >= 15 is 0 Å². The van der Waals surface area contributed by atoms with E-state index in [1.54, 1.807) is 0 Å². The molecule has 0 spiro atoms. The molecule has 0 aliphatic carbocycles. The van der Waals surface area contributed by atoms with Gasteiger partial charge >= 0.3 is 5.30 Å². The third kappa shape index (κ3) is 6.05. The molecule has 0 aliphatic rings. The van der Waals surface area contributed by atoms with Crippen LogP contribution < -0.4 is 0 Å². The molecule has 0 saturated heterocycles. The fraction of sp³-hybridized carbons (Fsp3) is 0.800. The summed E-state index contributed by atoms with van der Waals surface area (Å²) in [5, 5.41) is -0.211. The van der Waals surface area contributed by atoms with Crippen LogP contribution in [0.2, 0.25) is 0 Å². The number of carbonyl (C=O) groups excluding carboxylic acids is 1. The molecule has 0 saturated carbocycles. The Labute approximate surface area is 63.1 Å². The van der Waals surface area contributed by atoms with Gasteiger partial charge in [-0.3, -0.25) is 0 Å². The Balaban J connectivity index is 3.27. The lowest BCUT2D eigenvalue weighted by atomic mass is 10.5. The molecule has 0 radical (unpaired) electrons. The van der Waals surface area contributed by atoms with Crippen LogP contribution >= 0.6 is 21.6 Å². The van der Waals surface area contributed by atoms with Crippen molar-refractivity contribution < 1.29 is 9.53 Å². The zero-order valence-electron chi connectivity index (χ0n) is 5.71. The van der Waals surface area contributed by atoms with Gasteiger partial charge in [0.05, 0.1) is 6.10 Å². The molecule has 0 aromatic heterocycles. The summed E-state index contributed by atoms with van der Waals surface area (Å²) >= 11 is 0. The number of hydrogen-bond donors (Lipinski definition) is 0. The van der Waals surface area contributed by atoms with Crippen LogP contribution in [0, 0.1) is 0 Å². The summed E-state index contributed by atoms with van der Waals surface area (Å²) in [7, 11) is 2.51. The zero-order valence-corrected chi connectivity index (χ0v) is 7.34. The summed E-state index contributed by atoms with van der Waals surface area (Å²) < 4.78 is 4.79. The molecule has 54 valence electrons. The Kier molecular flexibility index (Phi) is 5.09. The van der Waals surface area contributed by atoms with Gasteiger partial charge in [-0.25, -0.2) is 4.79 Å². The van der Waals surface area contributed by atoms with E-state index in [1.165, 1.54) is 10.8 Å². The van der Waals surface area contributed by atoms with Gasteiger partial charge in [0.1, 0.15) is 0 Å². The number of ether oxygens (including phenoxy) is 1. The van der Waals surface area contributed by atoms with E-state index in [1.807, 2.05) is 20.1 Å². The van der Waals surface area contributed by atoms with Gasteiger partial charge in [0.2, 0.25) is 0 Å². The van der Waals surface area contributed by atoms with Crippen molar-refractivity contribution in [2.24, 2.45) is 0 Å². The first-order valence-electron chi connectivity index (χ1n) is 2.58. The Morgan fingerprint density at radius 3 is 2.44 bits per heavy atom. The molecular weight excluding hydrogens is 156 g/mol. The minimum absolute atomic E-state index is 0.00264. The van der Waals surface area contributed by atoms with E-state index < -0.39 is 0 Å². The third-order valence-electron chi connectivity index (χ3n) is 0.483. The van der Waals surface area contributed by atoms with Gasteiger partial charge in [0.25, 0.3) is 0 Å². The molecule has 0 fully saturated rings. The van der Waals surface area contributed by atoms with Crippen LogP contribution in [0.25, 0.3) is 0 Å². The Morgan fingerprint density at radius 1 is 1.56 bits per heavy atom. The molecule has 2 nitrogen and oxygen atoms in total. The molecule has 0 unspecified atom stereocenters. The summed E-state index contributed by atoms with van der Waals surface area (Å²) in [6, 6.07) is 0. The van der Waals surface area contributed by atoms with Crippen LogP contribution in [0.15, 0.2) is 0 Å². The molecule has 0 rings (SSSR count). The number of rotatable bonds is 2. The molecule has 9 heavy (non-hydrogen) atoms. The molecule has 0 aromatic rings. The molecule has 4 heteroatoms. The SMILES string of the molecule is CSSC(=O)OC(C)C. The molecule has 0 N–H and O–H groups in total. The van der Waals surface area contributed by atoms with Gasteiger partial charge in [-0.15, -0.1) is 0 Å². The van der Waals surface area contributed by atoms with Gasteiger partial charge in [-0.2, -0.15) is 0 Å². The molecule has 0 amide bonds. The van der Waals surface area contributed by atoms with Crippen molar-refractivity contribution >= 4 is 26.9 Å². The quantitative estimate of drug-likeness (QED) is 0.465. The van der Waals surface area contributed by atoms with E-state index in [4.69, 9.17) is 4.74 Å². The number of carbonyl (C=O) groups is 1. The topological polar surface area (TPSA) is 26.3 Å². The summed E-state index contributed by atoms with van der Waals surface area (Å²) in [6.45, 7) is 3.66. The molecular formula is C5H10O2S2. The van der Waals surface area contributed by atoms with Gasteiger partial charge in [0, 0.05) is 10.8 Å². The number of hydrogen-bond acceptors (Lipinski definition) is 4. The predicted octanol–water partition coefficient (Wildman–Crippen LogP) is 2.54. The highest BCUT2D eigenvalue weighted by molar-refractivity contribution is 8.81. The lowest BCUT2D eigenvalue weighted by molar-refractivity contribution is 0.143. The van der Waals surface area contributed by atoms with Crippen molar-refractivity contribution in [2.75, 3.05) is 6.26 Å². The first-order valence-corrected chi connectivity index (χ1v) is 5.14. The fourth-order valence-corrected chi connectivity index (χ4v) is 1.17. The van der Waals surface area contributed by atoms with Gasteiger partial charge in [0.15, 0.2) is 0 Å². The average molecular weight is 166 g/mol. The van der Waals surface area contributed by atoms with E-state index in [9.17, 15) is 4.79 Å². The van der Waals surface area contributed by atoms with Crippen molar-refractivity contribution in [3.63, 3.8) is 0 Å². The maximum absolute atomic E-state index is 10.6. The molecule has 0 aromatic carbocycles. The van der Waals surface area contributed by atoms with Crippen LogP contribution in [0.4, 0.5) is 4.79 Å². The summed E-state index contributed by atoms with van der Waals surface area (Å²) in [5.41, 5.74) is 0. The Bertz CT molecular complexity index is 93.0. The van der Waals surface area contributed by atoms with Crippen LogP contribution in [0.1, 0.15) is 13.8 Å². The van der Waals surface area contributed by atoms with Crippen LogP contribution in [-0.2, 0) is 4.74 Å². The predicted molar refractivity (Wildman–Crippen MR) is 42.7 cm³/mol. The van der Waals surface area contributed by atoms with Crippen molar-refractivity contribution in [1.82, 2.24) is 0 Å². The average Bonchev–Trinajstić information content (AvgIpc) is 1.63. The normalized spacial score (nSPS) is 9.78. The Hall–Kier alpha value is 0.170. The standard InChI is InChI=1S/C5H10O2S2/c1-4(2)7-5(6)9-8-3/h4H,1-3H3. The molecule has 0 aliphatic heterocycles. The second-order valence-electron chi connectivity index (χ2n) is 1.67. The second kappa shape index (κ2) is 4.99. The molecule has 0 atom stereocenters. The molecule has 0 bridgehead atoms. The maximum Gasteiger partial charge on any atom is 0.378 e. The summed E-state index contributed by atoms with van der Waals surface area (Å²) in [5.74, 6) is 0. The summed E-state index contributed by atoms with van der Waals surface area (Å²) in [6.07, 6.45) is 1.84. The highest BCUT2D eigenvalue weighted by Crippen LogP contribution is 2.19. The van der Waals surface area contributed by atoms with Crippen molar-refractivity contribution in [3.05, 3.63) is 0 Å². The minimum atomic E-state index is -0.211. The van der Waals surface area contributed by atoms with Gasteiger partial charge < -0.3 is 4.74 Å². The first-order chi connectivity index (χ1) is 4.16. The third-order valence-corrected chi connectivity index (χ3v) is 1.79. The fourth-order valence-electron chi connectivity index (χ4n) is 0.280.